The van der Waals surface area contributed by atoms with Crippen LogP contribution in [0.5, 0.6) is 0 Å². The van der Waals surface area contributed by atoms with E-state index in [0.717, 1.165) is 15.8 Å². The van der Waals surface area contributed by atoms with Gasteiger partial charge in [0.1, 0.15) is 5.82 Å². The fourth-order valence-electron chi connectivity index (χ4n) is 1.94. The molecule has 0 radical (unpaired) electrons. The molecular weight excluding hydrogens is 259 g/mol. The molecule has 0 fully saturated rings. The van der Waals surface area contributed by atoms with Crippen molar-refractivity contribution in [3.63, 3.8) is 0 Å². The smallest absolute Gasteiger partial charge is 0.188 e. The molecular formula is C15H13FN2S. The van der Waals surface area contributed by atoms with Gasteiger partial charge in [-0.2, -0.15) is 0 Å². The summed E-state index contributed by atoms with van der Waals surface area (Å²) in [6.07, 6.45) is 0. The first-order chi connectivity index (χ1) is 9.11. The molecule has 2 aromatic carbocycles. The monoisotopic (exact) mass is 272 g/mol. The molecule has 0 amide bonds. The molecule has 96 valence electrons. The van der Waals surface area contributed by atoms with Crippen LogP contribution in [-0.4, -0.2) is 4.98 Å². The lowest BCUT2D eigenvalue weighted by Gasteiger charge is -2.04. The molecule has 0 aliphatic heterocycles. The molecule has 0 unspecified atom stereocenters. The number of rotatable bonds is 2. The Kier molecular flexibility index (Phi) is 2.95. The lowest BCUT2D eigenvalue weighted by Crippen LogP contribution is -1.93. The van der Waals surface area contributed by atoms with Gasteiger partial charge in [-0.05, 0) is 49.2 Å². The van der Waals surface area contributed by atoms with Crippen molar-refractivity contribution in [3.8, 4) is 0 Å². The van der Waals surface area contributed by atoms with Crippen LogP contribution in [0, 0.1) is 19.7 Å². The van der Waals surface area contributed by atoms with Crippen LogP contribution >= 0.6 is 11.3 Å². The average Bonchev–Trinajstić information content (AvgIpc) is 2.75. The van der Waals surface area contributed by atoms with E-state index in [9.17, 15) is 4.39 Å². The zero-order valence-electron chi connectivity index (χ0n) is 10.7. The summed E-state index contributed by atoms with van der Waals surface area (Å²) in [5.74, 6) is -0.263. The van der Waals surface area contributed by atoms with Crippen LogP contribution in [0.3, 0.4) is 0 Å². The maximum absolute atomic E-state index is 13.7. The molecule has 1 aromatic heterocycles. The lowest BCUT2D eigenvalue weighted by molar-refractivity contribution is 0.631. The normalized spacial score (nSPS) is 10.9. The summed E-state index contributed by atoms with van der Waals surface area (Å²) in [6.45, 7) is 3.98. The molecule has 0 aliphatic rings. The lowest BCUT2D eigenvalue weighted by atomic mass is 10.2. The molecule has 0 aliphatic carbocycles. The summed E-state index contributed by atoms with van der Waals surface area (Å²) in [5, 5.41) is 3.77. The second-order valence-corrected chi connectivity index (χ2v) is 5.63. The van der Waals surface area contributed by atoms with E-state index in [1.165, 1.54) is 23.0 Å². The van der Waals surface area contributed by atoms with Gasteiger partial charge in [0.15, 0.2) is 5.13 Å². The van der Waals surface area contributed by atoms with E-state index in [1.807, 2.05) is 26.0 Å². The molecule has 0 atom stereocenters. The SMILES string of the molecule is Cc1ccc(F)c(Nc2nc3ccc(C)cc3s2)c1. The minimum atomic E-state index is -0.263. The number of aryl methyl sites for hydroxylation is 2. The standard InChI is InChI=1S/C15H13FN2S/c1-9-3-5-11(16)13(7-9)18-15-17-12-6-4-10(2)8-14(12)19-15/h3-8H,1-2H3,(H,17,18). The fourth-order valence-corrected chi connectivity index (χ4v) is 2.91. The minimum absolute atomic E-state index is 0.263. The quantitative estimate of drug-likeness (QED) is 0.725. The van der Waals surface area contributed by atoms with Crippen molar-refractivity contribution in [1.82, 2.24) is 4.98 Å². The van der Waals surface area contributed by atoms with Crippen molar-refractivity contribution in [3.05, 3.63) is 53.3 Å². The molecule has 19 heavy (non-hydrogen) atoms. The summed E-state index contributed by atoms with van der Waals surface area (Å²) in [4.78, 5) is 4.46. The molecule has 0 saturated heterocycles. The number of nitrogens with one attached hydrogen (secondary N) is 1. The van der Waals surface area contributed by atoms with Gasteiger partial charge in [-0.1, -0.05) is 23.5 Å². The second kappa shape index (κ2) is 4.63. The first kappa shape index (κ1) is 12.1. The third-order valence-electron chi connectivity index (χ3n) is 2.91. The number of benzene rings is 2. The van der Waals surface area contributed by atoms with Crippen LogP contribution < -0.4 is 5.32 Å². The topological polar surface area (TPSA) is 24.9 Å². The van der Waals surface area contributed by atoms with E-state index in [1.54, 1.807) is 12.1 Å². The summed E-state index contributed by atoms with van der Waals surface area (Å²) < 4.78 is 14.8. The number of thiazole rings is 1. The summed E-state index contributed by atoms with van der Waals surface area (Å²) in [5.41, 5.74) is 3.62. The van der Waals surface area contributed by atoms with Gasteiger partial charge in [-0.25, -0.2) is 9.37 Å². The van der Waals surface area contributed by atoms with Crippen LogP contribution in [0.2, 0.25) is 0 Å². The Morgan fingerprint density at radius 3 is 2.63 bits per heavy atom. The number of hydrogen-bond donors (Lipinski definition) is 1. The predicted octanol–water partition coefficient (Wildman–Crippen LogP) is 4.80. The maximum atomic E-state index is 13.7. The van der Waals surface area contributed by atoms with Gasteiger partial charge in [0, 0.05) is 0 Å². The van der Waals surface area contributed by atoms with E-state index in [-0.39, 0.29) is 5.82 Å². The highest BCUT2D eigenvalue weighted by Gasteiger charge is 2.07. The first-order valence-electron chi connectivity index (χ1n) is 6.02. The molecule has 1 N–H and O–H groups in total. The van der Waals surface area contributed by atoms with Gasteiger partial charge in [-0.15, -0.1) is 0 Å². The number of anilines is 2. The second-order valence-electron chi connectivity index (χ2n) is 4.60. The highest BCUT2D eigenvalue weighted by Crippen LogP contribution is 2.30. The van der Waals surface area contributed by atoms with Gasteiger partial charge in [-0.3, -0.25) is 0 Å². The zero-order chi connectivity index (χ0) is 13.4. The Hall–Kier alpha value is -1.94. The summed E-state index contributed by atoms with van der Waals surface area (Å²) in [7, 11) is 0. The number of fused-ring (bicyclic) bond motifs is 1. The number of hydrogen-bond acceptors (Lipinski definition) is 3. The van der Waals surface area contributed by atoms with Crippen molar-refractivity contribution in [1.29, 1.82) is 0 Å². The van der Waals surface area contributed by atoms with E-state index in [2.05, 4.69) is 16.4 Å². The molecule has 1 heterocycles. The number of aromatic nitrogens is 1. The molecule has 0 saturated carbocycles. The van der Waals surface area contributed by atoms with Crippen LogP contribution in [0.1, 0.15) is 11.1 Å². The van der Waals surface area contributed by atoms with Gasteiger partial charge >= 0.3 is 0 Å². The van der Waals surface area contributed by atoms with Crippen LogP contribution in [0.15, 0.2) is 36.4 Å². The summed E-state index contributed by atoms with van der Waals surface area (Å²) >= 11 is 1.53. The fraction of sp³-hybridized carbons (Fsp3) is 0.133. The van der Waals surface area contributed by atoms with Gasteiger partial charge in [0.05, 0.1) is 15.9 Å². The predicted molar refractivity (Wildman–Crippen MR) is 78.8 cm³/mol. The van der Waals surface area contributed by atoms with Gasteiger partial charge in [0.2, 0.25) is 0 Å². The minimum Gasteiger partial charge on any atom is -0.329 e. The van der Waals surface area contributed by atoms with Crippen molar-refractivity contribution >= 4 is 32.4 Å². The van der Waals surface area contributed by atoms with Crippen LogP contribution in [0.25, 0.3) is 10.2 Å². The van der Waals surface area contributed by atoms with Crippen LogP contribution in [-0.2, 0) is 0 Å². The van der Waals surface area contributed by atoms with E-state index >= 15 is 0 Å². The maximum Gasteiger partial charge on any atom is 0.188 e. The van der Waals surface area contributed by atoms with Crippen molar-refractivity contribution in [2.24, 2.45) is 0 Å². The molecule has 3 rings (SSSR count). The highest BCUT2D eigenvalue weighted by atomic mass is 32.1. The largest absolute Gasteiger partial charge is 0.329 e. The van der Waals surface area contributed by atoms with Crippen molar-refractivity contribution in [2.75, 3.05) is 5.32 Å². The molecule has 0 spiro atoms. The Balaban J connectivity index is 1.98. The Bertz CT molecular complexity index is 749. The first-order valence-corrected chi connectivity index (χ1v) is 6.84. The average molecular weight is 272 g/mol. The van der Waals surface area contributed by atoms with Crippen LogP contribution in [0.4, 0.5) is 15.2 Å². The van der Waals surface area contributed by atoms with E-state index in [4.69, 9.17) is 0 Å². The van der Waals surface area contributed by atoms with Crippen molar-refractivity contribution in [2.45, 2.75) is 13.8 Å². The Morgan fingerprint density at radius 1 is 1.05 bits per heavy atom. The third kappa shape index (κ3) is 2.44. The third-order valence-corrected chi connectivity index (χ3v) is 3.84. The highest BCUT2D eigenvalue weighted by molar-refractivity contribution is 7.22. The van der Waals surface area contributed by atoms with Gasteiger partial charge < -0.3 is 5.32 Å². The molecule has 3 aromatic rings. The molecule has 0 bridgehead atoms. The Morgan fingerprint density at radius 2 is 1.79 bits per heavy atom. The number of halogens is 1. The van der Waals surface area contributed by atoms with E-state index in [0.29, 0.717) is 10.8 Å². The zero-order valence-corrected chi connectivity index (χ0v) is 11.5. The van der Waals surface area contributed by atoms with Gasteiger partial charge in [0.25, 0.3) is 0 Å². The van der Waals surface area contributed by atoms with E-state index < -0.39 is 0 Å². The Labute approximate surface area is 114 Å². The molecule has 4 heteroatoms. The number of nitrogens with zero attached hydrogens (tertiary/aromatic N) is 1. The molecule has 2 nitrogen and oxygen atoms in total. The summed E-state index contributed by atoms with van der Waals surface area (Å²) in [6, 6.07) is 11.1. The van der Waals surface area contributed by atoms with Crippen molar-refractivity contribution < 1.29 is 4.39 Å².